The van der Waals surface area contributed by atoms with Gasteiger partial charge < -0.3 is 11.1 Å². The third-order valence-electron chi connectivity index (χ3n) is 5.12. The topological polar surface area (TPSA) is 105 Å². The number of fused-ring (bicyclic) bond motifs is 1. The lowest BCUT2D eigenvalue weighted by atomic mass is 10.0. The smallest absolute Gasteiger partial charge is 0.228 e. The molecule has 1 fully saturated rings. The molecule has 140 valence electrons. The molecule has 0 bridgehead atoms. The standard InChI is InChI=1S/C21H18ClN5O/c1-11-4-2-3-5-13(11)19-18(22)15-9-17(25-10-16(15)20(24)27-19)26-21(28)14-8-12(14)6-7-23/h2-5,9-10,12,14H,6,8H2,1H3,(H2,24,27)(H,25,26,28)/t12-,14-/m1/s1. The Bertz CT molecular complexity index is 1140. The first-order chi connectivity index (χ1) is 13.5. The van der Waals surface area contributed by atoms with Crippen molar-refractivity contribution in [3.8, 4) is 17.3 Å². The van der Waals surface area contributed by atoms with E-state index in [9.17, 15) is 4.79 Å². The second-order valence-corrected chi connectivity index (χ2v) is 7.42. The van der Waals surface area contributed by atoms with E-state index >= 15 is 0 Å². The first-order valence-electron chi connectivity index (χ1n) is 8.98. The Labute approximate surface area is 167 Å². The lowest BCUT2D eigenvalue weighted by molar-refractivity contribution is -0.117. The van der Waals surface area contributed by atoms with Crippen LogP contribution in [0, 0.1) is 30.1 Å². The molecule has 0 unspecified atom stereocenters. The Morgan fingerprint density at radius 1 is 1.39 bits per heavy atom. The fourth-order valence-corrected chi connectivity index (χ4v) is 3.71. The number of anilines is 2. The summed E-state index contributed by atoms with van der Waals surface area (Å²) in [5.74, 6) is 0.631. The van der Waals surface area contributed by atoms with Crippen LogP contribution in [0.2, 0.25) is 5.02 Å². The van der Waals surface area contributed by atoms with E-state index in [1.807, 2.05) is 31.2 Å². The highest BCUT2D eigenvalue weighted by Gasteiger charge is 2.42. The number of rotatable bonds is 4. The number of aryl methyl sites for hydroxylation is 1. The number of benzene rings is 1. The van der Waals surface area contributed by atoms with Crippen LogP contribution in [0.4, 0.5) is 11.6 Å². The molecule has 2 aromatic heterocycles. The first-order valence-corrected chi connectivity index (χ1v) is 9.36. The minimum atomic E-state index is -0.127. The molecule has 28 heavy (non-hydrogen) atoms. The fourth-order valence-electron chi connectivity index (χ4n) is 3.41. The largest absolute Gasteiger partial charge is 0.383 e. The van der Waals surface area contributed by atoms with Gasteiger partial charge in [-0.1, -0.05) is 35.9 Å². The van der Waals surface area contributed by atoms with E-state index in [0.717, 1.165) is 17.5 Å². The van der Waals surface area contributed by atoms with Crippen molar-refractivity contribution in [1.29, 1.82) is 5.26 Å². The Hall–Kier alpha value is -3.17. The van der Waals surface area contributed by atoms with Crippen LogP contribution in [0.15, 0.2) is 36.5 Å². The van der Waals surface area contributed by atoms with Crippen LogP contribution in [0.1, 0.15) is 18.4 Å². The van der Waals surface area contributed by atoms with Crippen molar-refractivity contribution in [1.82, 2.24) is 9.97 Å². The van der Waals surface area contributed by atoms with Gasteiger partial charge in [-0.15, -0.1) is 0 Å². The van der Waals surface area contributed by atoms with Crippen LogP contribution in [0.25, 0.3) is 22.0 Å². The summed E-state index contributed by atoms with van der Waals surface area (Å²) in [7, 11) is 0. The summed E-state index contributed by atoms with van der Waals surface area (Å²) < 4.78 is 0. The van der Waals surface area contributed by atoms with Gasteiger partial charge in [0.05, 0.1) is 16.8 Å². The highest BCUT2D eigenvalue weighted by atomic mass is 35.5. The van der Waals surface area contributed by atoms with Crippen molar-refractivity contribution in [2.24, 2.45) is 11.8 Å². The average Bonchev–Trinajstić information content (AvgIpc) is 3.45. The molecule has 7 heteroatoms. The molecular formula is C21H18ClN5O. The van der Waals surface area contributed by atoms with Crippen LogP contribution >= 0.6 is 11.6 Å². The summed E-state index contributed by atoms with van der Waals surface area (Å²) in [6.07, 6.45) is 2.71. The van der Waals surface area contributed by atoms with Gasteiger partial charge in [0.15, 0.2) is 0 Å². The normalized spacial score (nSPS) is 17.9. The van der Waals surface area contributed by atoms with Crippen LogP contribution in [-0.2, 0) is 4.79 Å². The lowest BCUT2D eigenvalue weighted by Crippen LogP contribution is -2.15. The van der Waals surface area contributed by atoms with Gasteiger partial charge in [-0.05, 0) is 30.9 Å². The van der Waals surface area contributed by atoms with Crippen molar-refractivity contribution in [2.45, 2.75) is 19.8 Å². The van der Waals surface area contributed by atoms with Crippen molar-refractivity contribution in [3.63, 3.8) is 0 Å². The molecule has 3 aromatic rings. The number of hydrogen-bond donors (Lipinski definition) is 2. The summed E-state index contributed by atoms with van der Waals surface area (Å²) >= 11 is 6.67. The molecule has 1 aliphatic carbocycles. The van der Waals surface area contributed by atoms with Crippen molar-refractivity contribution in [3.05, 3.63) is 47.1 Å². The zero-order valence-electron chi connectivity index (χ0n) is 15.2. The molecule has 0 saturated heterocycles. The van der Waals surface area contributed by atoms with Gasteiger partial charge in [-0.25, -0.2) is 9.97 Å². The van der Waals surface area contributed by atoms with Gasteiger partial charge in [0.1, 0.15) is 11.6 Å². The SMILES string of the molecule is Cc1ccccc1-c1nc(N)c2cnc(NC(=O)[C@@H]3C[C@H]3CC#N)cc2c1Cl. The van der Waals surface area contributed by atoms with Gasteiger partial charge >= 0.3 is 0 Å². The Kier molecular flexibility index (Phi) is 4.62. The van der Waals surface area contributed by atoms with E-state index in [0.29, 0.717) is 39.5 Å². The number of nitrogens with one attached hydrogen (secondary N) is 1. The third-order valence-corrected chi connectivity index (χ3v) is 5.50. The van der Waals surface area contributed by atoms with Crippen molar-refractivity contribution >= 4 is 39.9 Å². The summed E-state index contributed by atoms with van der Waals surface area (Å²) in [6.45, 7) is 1.99. The second kappa shape index (κ2) is 7.10. The molecule has 1 amide bonds. The zero-order valence-corrected chi connectivity index (χ0v) is 16.0. The maximum atomic E-state index is 12.4. The van der Waals surface area contributed by atoms with Gasteiger partial charge in [-0.2, -0.15) is 5.26 Å². The number of carbonyl (C=O) groups is 1. The number of aromatic nitrogens is 2. The number of carbonyl (C=O) groups excluding carboxylic acids is 1. The molecule has 0 radical (unpaired) electrons. The lowest BCUT2D eigenvalue weighted by Gasteiger charge is -2.13. The maximum Gasteiger partial charge on any atom is 0.228 e. The molecule has 0 spiro atoms. The minimum Gasteiger partial charge on any atom is -0.383 e. The third kappa shape index (κ3) is 3.25. The first kappa shape index (κ1) is 18.2. The predicted octanol–water partition coefficient (Wildman–Crippen LogP) is 4.33. The highest BCUT2D eigenvalue weighted by molar-refractivity contribution is 6.38. The number of amides is 1. The molecule has 4 rings (SSSR count). The monoisotopic (exact) mass is 391 g/mol. The Morgan fingerprint density at radius 2 is 2.18 bits per heavy atom. The number of halogens is 1. The Morgan fingerprint density at radius 3 is 2.93 bits per heavy atom. The second-order valence-electron chi connectivity index (χ2n) is 7.04. The number of pyridine rings is 2. The number of nitrogens with zero attached hydrogens (tertiary/aromatic N) is 3. The van der Waals surface area contributed by atoms with E-state index < -0.39 is 0 Å². The molecule has 1 aliphatic rings. The number of nitrogen functional groups attached to an aromatic ring is 1. The molecule has 2 atom stereocenters. The quantitative estimate of drug-likeness (QED) is 0.688. The minimum absolute atomic E-state index is 0.121. The van der Waals surface area contributed by atoms with Crippen LogP contribution in [0.5, 0.6) is 0 Å². The summed E-state index contributed by atoms with van der Waals surface area (Å²) in [5.41, 5.74) is 8.69. The molecule has 3 N–H and O–H groups in total. The van der Waals surface area contributed by atoms with E-state index in [4.69, 9.17) is 22.6 Å². The number of nitriles is 1. The van der Waals surface area contributed by atoms with E-state index in [2.05, 4.69) is 21.4 Å². The molecule has 0 aliphatic heterocycles. The highest BCUT2D eigenvalue weighted by Crippen LogP contribution is 2.42. The molecule has 6 nitrogen and oxygen atoms in total. The van der Waals surface area contributed by atoms with Gasteiger partial charge in [0, 0.05) is 34.9 Å². The zero-order chi connectivity index (χ0) is 19.8. The van der Waals surface area contributed by atoms with Crippen molar-refractivity contribution in [2.75, 3.05) is 11.1 Å². The molecule has 1 aromatic carbocycles. The van der Waals surface area contributed by atoms with E-state index in [1.165, 1.54) is 0 Å². The fraction of sp³-hybridized carbons (Fsp3) is 0.238. The van der Waals surface area contributed by atoms with Crippen molar-refractivity contribution < 1.29 is 4.79 Å². The molecule has 1 saturated carbocycles. The summed E-state index contributed by atoms with van der Waals surface area (Å²) in [4.78, 5) is 21.1. The van der Waals surface area contributed by atoms with Crippen LogP contribution in [0.3, 0.4) is 0 Å². The average molecular weight is 392 g/mol. The summed E-state index contributed by atoms with van der Waals surface area (Å²) in [6, 6.07) is 11.6. The van der Waals surface area contributed by atoms with Crippen LogP contribution in [-0.4, -0.2) is 15.9 Å². The maximum absolute atomic E-state index is 12.4. The molecular weight excluding hydrogens is 374 g/mol. The number of hydrogen-bond acceptors (Lipinski definition) is 5. The Balaban J connectivity index is 1.71. The summed E-state index contributed by atoms with van der Waals surface area (Å²) in [5, 5.41) is 13.4. The van der Waals surface area contributed by atoms with E-state index in [-0.39, 0.29) is 17.7 Å². The predicted molar refractivity (Wildman–Crippen MR) is 110 cm³/mol. The number of nitrogens with two attached hydrogens (primary N) is 1. The van der Waals surface area contributed by atoms with Gasteiger partial charge in [0.25, 0.3) is 0 Å². The molecule has 2 heterocycles. The van der Waals surface area contributed by atoms with Gasteiger partial charge in [0.2, 0.25) is 5.91 Å². The van der Waals surface area contributed by atoms with Gasteiger partial charge in [-0.3, -0.25) is 4.79 Å². The van der Waals surface area contributed by atoms with E-state index in [1.54, 1.807) is 12.3 Å². The van der Waals surface area contributed by atoms with Crippen LogP contribution < -0.4 is 11.1 Å².